The van der Waals surface area contributed by atoms with Gasteiger partial charge in [-0.15, -0.1) is 11.3 Å². The molecule has 7 aromatic carbocycles. The molecular weight excluding hydrogens is 633 g/mol. The first-order valence-corrected chi connectivity index (χ1v) is 17.3. The molecule has 0 N–H and O–H groups in total. The molecule has 0 bridgehead atoms. The molecule has 0 aliphatic heterocycles. The van der Waals surface area contributed by atoms with Crippen molar-refractivity contribution < 1.29 is 4.42 Å². The average Bonchev–Trinajstić information content (AvgIpc) is 3.78. The second kappa shape index (κ2) is 11.6. The molecule has 0 atom stereocenters. The van der Waals surface area contributed by atoms with Gasteiger partial charge in [0.1, 0.15) is 16.2 Å². The Kier molecular flexibility index (Phi) is 6.60. The molecule has 3 aromatic heterocycles. The highest BCUT2D eigenvalue weighted by Crippen LogP contribution is 2.43. The standard InChI is InChI=1S/C44H26N4OS/c1-4-13-27(14-5-1)41-46-42(28-15-6-2-7-16-28)48-43(47-41)34-24-23-32(30-19-10-11-20-31(30)34)33-21-12-22-37-40(33)35-25-36-39(26-38(35)49-37)50-44(45-36)29-17-8-3-9-18-29/h1-26H. The van der Waals surface area contributed by atoms with Crippen molar-refractivity contribution in [1.82, 2.24) is 19.9 Å². The maximum atomic E-state index is 6.51. The van der Waals surface area contributed by atoms with E-state index in [0.29, 0.717) is 17.5 Å². The fourth-order valence-corrected chi connectivity index (χ4v) is 7.82. The van der Waals surface area contributed by atoms with Gasteiger partial charge in [-0.2, -0.15) is 0 Å². The van der Waals surface area contributed by atoms with Crippen LogP contribution >= 0.6 is 11.3 Å². The summed E-state index contributed by atoms with van der Waals surface area (Å²) in [5, 5.41) is 5.31. The van der Waals surface area contributed by atoms with Crippen LogP contribution < -0.4 is 0 Å². The van der Waals surface area contributed by atoms with Crippen LogP contribution in [0.2, 0.25) is 0 Å². The second-order valence-corrected chi connectivity index (χ2v) is 13.3. The quantitative estimate of drug-likeness (QED) is 0.184. The first-order valence-electron chi connectivity index (χ1n) is 16.5. The van der Waals surface area contributed by atoms with E-state index in [9.17, 15) is 0 Å². The predicted molar refractivity (Wildman–Crippen MR) is 205 cm³/mol. The van der Waals surface area contributed by atoms with Gasteiger partial charge in [0.25, 0.3) is 0 Å². The van der Waals surface area contributed by atoms with Crippen LogP contribution in [0.1, 0.15) is 0 Å². The molecule has 0 spiro atoms. The minimum atomic E-state index is 0.632. The molecule has 0 amide bonds. The van der Waals surface area contributed by atoms with Gasteiger partial charge in [-0.3, -0.25) is 0 Å². The number of benzene rings is 7. The highest BCUT2D eigenvalue weighted by Gasteiger charge is 2.19. The van der Waals surface area contributed by atoms with Gasteiger partial charge < -0.3 is 4.42 Å². The van der Waals surface area contributed by atoms with Crippen molar-refractivity contribution in [2.75, 3.05) is 0 Å². The largest absolute Gasteiger partial charge is 0.456 e. The lowest BCUT2D eigenvalue weighted by Gasteiger charge is -2.13. The van der Waals surface area contributed by atoms with Crippen LogP contribution in [-0.4, -0.2) is 19.9 Å². The molecule has 10 aromatic rings. The summed E-state index contributed by atoms with van der Waals surface area (Å²) in [4.78, 5) is 20.0. The topological polar surface area (TPSA) is 64.7 Å². The lowest BCUT2D eigenvalue weighted by Crippen LogP contribution is -2.00. The maximum absolute atomic E-state index is 6.51. The van der Waals surface area contributed by atoms with E-state index in [1.165, 1.54) is 0 Å². The maximum Gasteiger partial charge on any atom is 0.164 e. The van der Waals surface area contributed by atoms with Crippen LogP contribution in [0, 0.1) is 0 Å². The Morgan fingerprint density at radius 2 is 0.980 bits per heavy atom. The summed E-state index contributed by atoms with van der Waals surface area (Å²) in [6.45, 7) is 0. The fraction of sp³-hybridized carbons (Fsp3) is 0. The monoisotopic (exact) mass is 658 g/mol. The van der Waals surface area contributed by atoms with Crippen molar-refractivity contribution >= 4 is 54.3 Å². The second-order valence-electron chi connectivity index (χ2n) is 12.2. The zero-order chi connectivity index (χ0) is 33.0. The normalized spacial score (nSPS) is 11.6. The van der Waals surface area contributed by atoms with E-state index < -0.39 is 0 Å². The van der Waals surface area contributed by atoms with Crippen LogP contribution in [0.5, 0.6) is 0 Å². The molecule has 0 aliphatic carbocycles. The van der Waals surface area contributed by atoms with E-state index >= 15 is 0 Å². The van der Waals surface area contributed by atoms with Gasteiger partial charge in [-0.05, 0) is 40.1 Å². The lowest BCUT2D eigenvalue weighted by molar-refractivity contribution is 0.669. The summed E-state index contributed by atoms with van der Waals surface area (Å²) in [7, 11) is 0. The fourth-order valence-electron chi connectivity index (χ4n) is 6.83. The summed E-state index contributed by atoms with van der Waals surface area (Å²) < 4.78 is 7.61. The number of furan rings is 1. The van der Waals surface area contributed by atoms with E-state index in [-0.39, 0.29) is 0 Å². The lowest BCUT2D eigenvalue weighted by atomic mass is 9.92. The average molecular weight is 659 g/mol. The Labute approximate surface area is 291 Å². The van der Waals surface area contributed by atoms with Crippen LogP contribution in [0.25, 0.3) is 98.8 Å². The number of fused-ring (bicyclic) bond motifs is 5. The molecule has 0 unspecified atom stereocenters. The molecular formula is C44H26N4OS. The zero-order valence-electron chi connectivity index (χ0n) is 26.6. The number of nitrogens with zero attached hydrogens (tertiary/aromatic N) is 4. The van der Waals surface area contributed by atoms with Gasteiger partial charge in [-0.1, -0.05) is 133 Å². The molecule has 0 fully saturated rings. The third-order valence-corrected chi connectivity index (χ3v) is 10.2. The third-order valence-electron chi connectivity index (χ3n) is 9.18. The van der Waals surface area contributed by atoms with Crippen molar-refractivity contribution in [2.45, 2.75) is 0 Å². The number of thiazole rings is 1. The summed E-state index contributed by atoms with van der Waals surface area (Å²) in [5.41, 5.74) is 8.85. The van der Waals surface area contributed by atoms with Gasteiger partial charge in [0, 0.05) is 39.1 Å². The Morgan fingerprint density at radius 1 is 0.400 bits per heavy atom. The molecule has 6 heteroatoms. The predicted octanol–water partition coefficient (Wildman–Crippen LogP) is 11.9. The summed E-state index contributed by atoms with van der Waals surface area (Å²) in [5.74, 6) is 1.91. The van der Waals surface area contributed by atoms with Crippen LogP contribution in [0.3, 0.4) is 0 Å². The molecule has 50 heavy (non-hydrogen) atoms. The zero-order valence-corrected chi connectivity index (χ0v) is 27.4. The van der Waals surface area contributed by atoms with Gasteiger partial charge in [0.15, 0.2) is 17.5 Å². The number of hydrogen-bond donors (Lipinski definition) is 0. The van der Waals surface area contributed by atoms with Crippen molar-refractivity contribution in [1.29, 1.82) is 0 Å². The van der Waals surface area contributed by atoms with Crippen molar-refractivity contribution in [3.63, 3.8) is 0 Å². The van der Waals surface area contributed by atoms with Gasteiger partial charge in [-0.25, -0.2) is 19.9 Å². The van der Waals surface area contributed by atoms with Crippen LogP contribution in [-0.2, 0) is 0 Å². The molecule has 0 radical (unpaired) electrons. The van der Waals surface area contributed by atoms with E-state index in [1.807, 2.05) is 84.9 Å². The number of hydrogen-bond acceptors (Lipinski definition) is 6. The first-order chi connectivity index (χ1) is 24.8. The Bertz CT molecular complexity index is 2810. The Morgan fingerprint density at radius 3 is 1.66 bits per heavy atom. The van der Waals surface area contributed by atoms with Crippen molar-refractivity contribution in [3.05, 3.63) is 158 Å². The van der Waals surface area contributed by atoms with Gasteiger partial charge in [0.2, 0.25) is 0 Å². The number of rotatable bonds is 5. The first kappa shape index (κ1) is 28.5. The van der Waals surface area contributed by atoms with E-state index in [4.69, 9.17) is 24.4 Å². The summed E-state index contributed by atoms with van der Waals surface area (Å²) in [6.07, 6.45) is 0. The molecule has 0 saturated carbocycles. The van der Waals surface area contributed by atoms with Crippen LogP contribution in [0.15, 0.2) is 162 Å². The third kappa shape index (κ3) is 4.77. The van der Waals surface area contributed by atoms with Crippen molar-refractivity contribution in [3.8, 4) is 55.9 Å². The van der Waals surface area contributed by atoms with Gasteiger partial charge >= 0.3 is 0 Å². The Balaban J connectivity index is 1.16. The van der Waals surface area contributed by atoms with E-state index in [1.54, 1.807) is 11.3 Å². The van der Waals surface area contributed by atoms with E-state index in [0.717, 1.165) is 81.3 Å². The minimum absolute atomic E-state index is 0.632. The molecule has 3 heterocycles. The molecule has 0 saturated heterocycles. The SMILES string of the molecule is c1ccc(-c2nc(-c3ccccc3)nc(-c3ccc(-c4cccc5oc6cc7sc(-c8ccccc8)nc7cc6c45)c4ccccc34)n2)cc1. The molecule has 0 aliphatic rings. The minimum Gasteiger partial charge on any atom is -0.456 e. The molecule has 234 valence electrons. The summed E-state index contributed by atoms with van der Waals surface area (Å²) >= 11 is 1.69. The number of aromatic nitrogens is 4. The van der Waals surface area contributed by atoms with E-state index in [2.05, 4.69) is 72.8 Å². The van der Waals surface area contributed by atoms with Crippen LogP contribution in [0.4, 0.5) is 0 Å². The highest BCUT2D eigenvalue weighted by molar-refractivity contribution is 7.21. The summed E-state index contributed by atoms with van der Waals surface area (Å²) in [6, 6.07) is 53.9. The molecule has 5 nitrogen and oxygen atoms in total. The molecule has 10 rings (SSSR count). The van der Waals surface area contributed by atoms with Crippen molar-refractivity contribution in [2.24, 2.45) is 0 Å². The highest BCUT2D eigenvalue weighted by atomic mass is 32.1. The Hall–Kier alpha value is -6.50. The smallest absolute Gasteiger partial charge is 0.164 e. The van der Waals surface area contributed by atoms with Gasteiger partial charge in [0.05, 0.1) is 10.2 Å².